The van der Waals surface area contributed by atoms with Crippen molar-refractivity contribution in [3.05, 3.63) is 29.8 Å². The fourth-order valence-corrected chi connectivity index (χ4v) is 3.50. The third-order valence-electron chi connectivity index (χ3n) is 3.15. The fourth-order valence-electron chi connectivity index (χ4n) is 1.94. The highest BCUT2D eigenvalue weighted by Crippen LogP contribution is 2.33. The van der Waals surface area contributed by atoms with Gasteiger partial charge in [-0.3, -0.25) is 0 Å². The molecule has 1 aliphatic rings. The molecule has 0 aromatic heterocycles. The third-order valence-corrected chi connectivity index (χ3v) is 4.81. The maximum atomic E-state index is 12.2. The van der Waals surface area contributed by atoms with Crippen LogP contribution < -0.4 is 10.5 Å². The van der Waals surface area contributed by atoms with Gasteiger partial charge in [-0.2, -0.15) is 0 Å². The van der Waals surface area contributed by atoms with Crippen molar-refractivity contribution in [2.75, 3.05) is 0 Å². The Morgan fingerprint density at radius 1 is 1.41 bits per heavy atom. The quantitative estimate of drug-likeness (QED) is 0.830. The summed E-state index contributed by atoms with van der Waals surface area (Å²) < 4.78 is 27.1. The van der Waals surface area contributed by atoms with Crippen LogP contribution in [0.15, 0.2) is 29.2 Å². The molecular weight excluding hydrogens is 236 g/mol. The summed E-state index contributed by atoms with van der Waals surface area (Å²) in [5, 5.41) is 0. The number of rotatable bonds is 5. The molecule has 0 heterocycles. The van der Waals surface area contributed by atoms with Crippen LogP contribution in [0.3, 0.4) is 0 Å². The number of benzene rings is 1. The van der Waals surface area contributed by atoms with E-state index in [0.29, 0.717) is 16.4 Å². The summed E-state index contributed by atoms with van der Waals surface area (Å²) in [6, 6.07) is 6.87. The Kier molecular flexibility index (Phi) is 3.51. The van der Waals surface area contributed by atoms with Crippen molar-refractivity contribution >= 4 is 10.0 Å². The number of hydrogen-bond acceptors (Lipinski definition) is 3. The number of nitrogens with one attached hydrogen (secondary N) is 1. The fraction of sp³-hybridized carbons (Fsp3) is 0.500. The molecule has 0 bridgehead atoms. The van der Waals surface area contributed by atoms with Gasteiger partial charge in [-0.25, -0.2) is 13.1 Å². The van der Waals surface area contributed by atoms with Gasteiger partial charge in [-0.15, -0.1) is 0 Å². The number of hydrogen-bond donors (Lipinski definition) is 2. The van der Waals surface area contributed by atoms with Crippen molar-refractivity contribution in [2.24, 2.45) is 11.7 Å². The van der Waals surface area contributed by atoms with Crippen LogP contribution in [0.25, 0.3) is 0 Å². The van der Waals surface area contributed by atoms with Crippen LogP contribution in [0.1, 0.15) is 25.3 Å². The molecule has 5 heteroatoms. The SMILES string of the molecule is CC(NS(=O)(=O)c1ccccc1CN)C1CC1. The third kappa shape index (κ3) is 2.86. The molecule has 1 atom stereocenters. The Bertz CT molecular complexity index is 495. The van der Waals surface area contributed by atoms with Gasteiger partial charge in [0.15, 0.2) is 0 Å². The van der Waals surface area contributed by atoms with E-state index < -0.39 is 10.0 Å². The van der Waals surface area contributed by atoms with Crippen LogP contribution in [0.4, 0.5) is 0 Å². The lowest BCUT2D eigenvalue weighted by Crippen LogP contribution is -2.34. The van der Waals surface area contributed by atoms with Gasteiger partial charge in [-0.1, -0.05) is 18.2 Å². The van der Waals surface area contributed by atoms with Crippen molar-refractivity contribution in [2.45, 2.75) is 37.2 Å². The average molecular weight is 254 g/mol. The molecule has 2 rings (SSSR count). The summed E-state index contributed by atoms with van der Waals surface area (Å²) in [7, 11) is -3.44. The minimum atomic E-state index is -3.44. The normalized spacial score (nSPS) is 18.0. The smallest absolute Gasteiger partial charge is 0.241 e. The molecule has 1 unspecified atom stereocenters. The zero-order valence-corrected chi connectivity index (χ0v) is 10.7. The van der Waals surface area contributed by atoms with Gasteiger partial charge in [-0.05, 0) is 37.3 Å². The van der Waals surface area contributed by atoms with Crippen LogP contribution in [0.5, 0.6) is 0 Å². The van der Waals surface area contributed by atoms with Gasteiger partial charge in [0.2, 0.25) is 10.0 Å². The number of sulfonamides is 1. The molecule has 1 fully saturated rings. The highest BCUT2D eigenvalue weighted by molar-refractivity contribution is 7.89. The van der Waals surface area contributed by atoms with Gasteiger partial charge in [0, 0.05) is 12.6 Å². The zero-order valence-electron chi connectivity index (χ0n) is 9.89. The minimum Gasteiger partial charge on any atom is -0.326 e. The lowest BCUT2D eigenvalue weighted by Gasteiger charge is -2.15. The molecular formula is C12H18N2O2S. The summed E-state index contributed by atoms with van der Waals surface area (Å²) in [5.41, 5.74) is 6.21. The monoisotopic (exact) mass is 254 g/mol. The summed E-state index contributed by atoms with van der Waals surface area (Å²) in [5.74, 6) is 0.495. The van der Waals surface area contributed by atoms with Crippen molar-refractivity contribution in [1.82, 2.24) is 4.72 Å². The molecule has 0 radical (unpaired) electrons. The van der Waals surface area contributed by atoms with E-state index in [0.717, 1.165) is 12.8 Å². The molecule has 1 aromatic rings. The summed E-state index contributed by atoms with van der Waals surface area (Å²) in [4.78, 5) is 0.301. The van der Waals surface area contributed by atoms with Gasteiger partial charge >= 0.3 is 0 Å². The second kappa shape index (κ2) is 4.76. The molecule has 3 N–H and O–H groups in total. The van der Waals surface area contributed by atoms with E-state index in [9.17, 15) is 8.42 Å². The lowest BCUT2D eigenvalue weighted by atomic mass is 10.2. The average Bonchev–Trinajstić information content (AvgIpc) is 3.12. The molecule has 0 saturated heterocycles. The Hall–Kier alpha value is -0.910. The van der Waals surface area contributed by atoms with E-state index in [1.807, 2.05) is 6.92 Å². The summed E-state index contributed by atoms with van der Waals surface area (Å²) >= 11 is 0. The van der Waals surface area contributed by atoms with E-state index in [1.165, 1.54) is 0 Å². The van der Waals surface area contributed by atoms with Gasteiger partial charge in [0.25, 0.3) is 0 Å². The van der Waals surface area contributed by atoms with Crippen molar-refractivity contribution in [3.8, 4) is 0 Å². The Morgan fingerprint density at radius 3 is 2.65 bits per heavy atom. The van der Waals surface area contributed by atoms with E-state index in [4.69, 9.17) is 5.73 Å². The maximum absolute atomic E-state index is 12.2. The van der Waals surface area contributed by atoms with Crippen molar-refractivity contribution in [3.63, 3.8) is 0 Å². The molecule has 17 heavy (non-hydrogen) atoms. The molecule has 1 saturated carbocycles. The molecule has 0 aliphatic heterocycles. The van der Waals surface area contributed by atoms with Gasteiger partial charge in [0.1, 0.15) is 0 Å². The van der Waals surface area contributed by atoms with Gasteiger partial charge < -0.3 is 5.73 Å². The summed E-state index contributed by atoms with van der Waals surface area (Å²) in [6.07, 6.45) is 2.23. The first-order valence-corrected chi connectivity index (χ1v) is 7.33. The first-order chi connectivity index (χ1) is 8.04. The van der Waals surface area contributed by atoms with Crippen molar-refractivity contribution < 1.29 is 8.42 Å². The molecule has 0 spiro atoms. The topological polar surface area (TPSA) is 72.2 Å². The lowest BCUT2D eigenvalue weighted by molar-refractivity contribution is 0.537. The molecule has 94 valence electrons. The second-order valence-corrected chi connectivity index (χ2v) is 6.24. The first-order valence-electron chi connectivity index (χ1n) is 5.85. The molecule has 4 nitrogen and oxygen atoms in total. The Morgan fingerprint density at radius 2 is 2.06 bits per heavy atom. The predicted molar refractivity (Wildman–Crippen MR) is 66.8 cm³/mol. The van der Waals surface area contributed by atoms with E-state index >= 15 is 0 Å². The second-order valence-electron chi connectivity index (χ2n) is 4.56. The van der Waals surface area contributed by atoms with Gasteiger partial charge in [0.05, 0.1) is 4.90 Å². The predicted octanol–water partition coefficient (Wildman–Crippen LogP) is 1.22. The standard InChI is InChI=1S/C12H18N2O2S/c1-9(10-6-7-10)14-17(15,16)12-5-3-2-4-11(12)8-13/h2-5,9-10,14H,6-8,13H2,1H3. The van der Waals surface area contributed by atoms with E-state index in [2.05, 4.69) is 4.72 Å². The maximum Gasteiger partial charge on any atom is 0.241 e. The zero-order chi connectivity index (χ0) is 12.5. The minimum absolute atomic E-state index is 0.00540. The van der Waals surface area contributed by atoms with Crippen LogP contribution >= 0.6 is 0 Å². The van der Waals surface area contributed by atoms with E-state index in [-0.39, 0.29) is 12.6 Å². The molecule has 1 aliphatic carbocycles. The number of nitrogens with two attached hydrogens (primary N) is 1. The highest BCUT2D eigenvalue weighted by atomic mass is 32.2. The Labute approximate surface area is 102 Å². The van der Waals surface area contributed by atoms with Crippen LogP contribution in [0.2, 0.25) is 0 Å². The van der Waals surface area contributed by atoms with Crippen LogP contribution in [-0.4, -0.2) is 14.5 Å². The molecule has 1 aromatic carbocycles. The molecule has 0 amide bonds. The Balaban J connectivity index is 2.24. The highest BCUT2D eigenvalue weighted by Gasteiger charge is 2.31. The van der Waals surface area contributed by atoms with E-state index in [1.54, 1.807) is 24.3 Å². The van der Waals surface area contributed by atoms with Crippen molar-refractivity contribution in [1.29, 1.82) is 0 Å². The summed E-state index contributed by atoms with van der Waals surface area (Å²) in [6.45, 7) is 2.15. The first kappa shape index (κ1) is 12.5. The van der Waals surface area contributed by atoms with Crippen LogP contribution in [-0.2, 0) is 16.6 Å². The largest absolute Gasteiger partial charge is 0.326 e. The van der Waals surface area contributed by atoms with Crippen LogP contribution in [0, 0.1) is 5.92 Å².